The molecule has 0 radical (unpaired) electrons. The number of amides is 1. The molecule has 0 aliphatic heterocycles. The largest absolute Gasteiger partial charge is 0.354 e. The molecule has 1 unspecified atom stereocenters. The van der Waals surface area contributed by atoms with Gasteiger partial charge in [0.05, 0.1) is 0 Å². The fourth-order valence-corrected chi connectivity index (χ4v) is 2.75. The summed E-state index contributed by atoms with van der Waals surface area (Å²) in [5, 5.41) is 3.10. The van der Waals surface area contributed by atoms with Gasteiger partial charge in [0.1, 0.15) is 0 Å². The van der Waals surface area contributed by atoms with Crippen LogP contribution in [-0.2, 0) is 4.79 Å². The average molecular weight is 255 g/mol. The first-order valence-electron chi connectivity index (χ1n) is 7.16. The summed E-state index contributed by atoms with van der Waals surface area (Å²) < 4.78 is 0. The fourth-order valence-electron chi connectivity index (χ4n) is 2.75. The van der Waals surface area contributed by atoms with Crippen molar-refractivity contribution in [3.8, 4) is 0 Å². The summed E-state index contributed by atoms with van der Waals surface area (Å²) in [4.78, 5) is 14.1. The number of hydrogen-bond donors (Lipinski definition) is 2. The van der Waals surface area contributed by atoms with Gasteiger partial charge in [-0.15, -0.1) is 0 Å². The molecule has 1 saturated carbocycles. The highest BCUT2D eigenvalue weighted by Crippen LogP contribution is 2.33. The third-order valence-electron chi connectivity index (χ3n) is 4.16. The molecule has 106 valence electrons. The number of nitrogens with two attached hydrogens (primary N) is 1. The van der Waals surface area contributed by atoms with Gasteiger partial charge < -0.3 is 16.0 Å². The van der Waals surface area contributed by atoms with Gasteiger partial charge in [0, 0.05) is 24.5 Å². The molecule has 0 aromatic rings. The fraction of sp³-hybridized carbons (Fsp3) is 0.929. The number of carbonyl (C=O) groups is 1. The predicted octanol–water partition coefficient (Wildman–Crippen LogP) is 1.49. The van der Waals surface area contributed by atoms with E-state index in [1.165, 1.54) is 25.7 Å². The van der Waals surface area contributed by atoms with E-state index < -0.39 is 0 Å². The Labute approximate surface area is 111 Å². The summed E-state index contributed by atoms with van der Waals surface area (Å²) in [6.07, 6.45) is 7.35. The number of likely N-dealkylation sites (N-methyl/N-ethyl adjacent to an activating group) is 1. The maximum absolute atomic E-state index is 11.8. The molecular formula is C14H29N3O. The van der Waals surface area contributed by atoms with Crippen LogP contribution in [0.25, 0.3) is 0 Å². The van der Waals surface area contributed by atoms with Crippen molar-refractivity contribution in [1.82, 2.24) is 10.2 Å². The van der Waals surface area contributed by atoms with Gasteiger partial charge >= 0.3 is 0 Å². The van der Waals surface area contributed by atoms with Crippen LogP contribution in [0.4, 0.5) is 0 Å². The summed E-state index contributed by atoms with van der Waals surface area (Å²) in [5.74, 6) is 0.170. The average Bonchev–Trinajstić information content (AvgIpc) is 2.75. The first-order chi connectivity index (χ1) is 8.46. The van der Waals surface area contributed by atoms with E-state index in [4.69, 9.17) is 5.73 Å². The Hall–Kier alpha value is -0.610. The highest BCUT2D eigenvalue weighted by molar-refractivity contribution is 5.75. The topological polar surface area (TPSA) is 58.4 Å². The van der Waals surface area contributed by atoms with Crippen molar-refractivity contribution in [3.63, 3.8) is 0 Å². The van der Waals surface area contributed by atoms with Crippen LogP contribution in [0, 0.1) is 0 Å². The van der Waals surface area contributed by atoms with Crippen LogP contribution in [0.3, 0.4) is 0 Å². The van der Waals surface area contributed by atoms with Crippen molar-refractivity contribution >= 4 is 5.91 Å². The number of hydrogen-bond acceptors (Lipinski definition) is 3. The Morgan fingerprint density at radius 3 is 2.50 bits per heavy atom. The molecule has 4 heteroatoms. The van der Waals surface area contributed by atoms with Gasteiger partial charge in [-0.05, 0) is 46.7 Å². The monoisotopic (exact) mass is 255 g/mol. The number of nitrogens with zero attached hydrogens (tertiary/aromatic N) is 1. The summed E-state index contributed by atoms with van der Waals surface area (Å²) in [7, 11) is 4.24. The Morgan fingerprint density at radius 1 is 1.39 bits per heavy atom. The molecule has 0 heterocycles. The van der Waals surface area contributed by atoms with Gasteiger partial charge in [0.15, 0.2) is 0 Å². The van der Waals surface area contributed by atoms with E-state index in [1.807, 2.05) is 6.92 Å². The second kappa shape index (κ2) is 7.10. The molecule has 1 aliphatic rings. The lowest BCUT2D eigenvalue weighted by Crippen LogP contribution is -2.50. The van der Waals surface area contributed by atoms with Crippen molar-refractivity contribution in [3.05, 3.63) is 0 Å². The van der Waals surface area contributed by atoms with Gasteiger partial charge in [0.25, 0.3) is 0 Å². The molecule has 18 heavy (non-hydrogen) atoms. The minimum Gasteiger partial charge on any atom is -0.354 e. The van der Waals surface area contributed by atoms with Crippen molar-refractivity contribution in [2.24, 2.45) is 5.73 Å². The summed E-state index contributed by atoms with van der Waals surface area (Å²) in [6.45, 7) is 2.77. The first-order valence-corrected chi connectivity index (χ1v) is 7.16. The molecule has 1 amide bonds. The van der Waals surface area contributed by atoms with Crippen molar-refractivity contribution < 1.29 is 4.79 Å². The molecule has 1 rings (SSSR count). The first kappa shape index (κ1) is 15.4. The third-order valence-corrected chi connectivity index (χ3v) is 4.16. The van der Waals surface area contributed by atoms with Crippen molar-refractivity contribution in [2.45, 2.75) is 63.5 Å². The molecule has 0 saturated heterocycles. The molecule has 1 fully saturated rings. The number of carbonyl (C=O) groups excluding carboxylic acids is 1. The van der Waals surface area contributed by atoms with Crippen LogP contribution in [0.15, 0.2) is 0 Å². The molecule has 0 bridgehead atoms. The number of rotatable bonds is 7. The zero-order chi connectivity index (χ0) is 13.6. The lowest BCUT2D eigenvalue weighted by atomic mass is 9.96. The number of nitrogens with one attached hydrogen (secondary N) is 1. The molecule has 1 aliphatic carbocycles. The van der Waals surface area contributed by atoms with Crippen LogP contribution < -0.4 is 11.1 Å². The van der Waals surface area contributed by atoms with Crippen LogP contribution in [0.1, 0.15) is 51.9 Å². The quantitative estimate of drug-likeness (QED) is 0.725. The van der Waals surface area contributed by atoms with E-state index >= 15 is 0 Å². The van der Waals surface area contributed by atoms with Gasteiger partial charge in [-0.25, -0.2) is 0 Å². The van der Waals surface area contributed by atoms with Crippen LogP contribution in [0.5, 0.6) is 0 Å². The Bertz CT molecular complexity index is 258. The van der Waals surface area contributed by atoms with Crippen LogP contribution in [0.2, 0.25) is 0 Å². The Morgan fingerprint density at radius 2 is 2.00 bits per heavy atom. The molecule has 4 nitrogen and oxygen atoms in total. The third kappa shape index (κ3) is 4.58. The van der Waals surface area contributed by atoms with Crippen LogP contribution in [-0.4, -0.2) is 43.0 Å². The lowest BCUT2D eigenvalue weighted by molar-refractivity contribution is -0.121. The standard InChI is InChI=1S/C14H29N3O/c1-12(15)7-6-8-13(18)16-11-14(17(2)3)9-4-5-10-14/h12H,4-11,15H2,1-3H3,(H,16,18). The molecule has 0 aromatic carbocycles. The van der Waals surface area contributed by atoms with Gasteiger partial charge in [0.2, 0.25) is 5.91 Å². The maximum Gasteiger partial charge on any atom is 0.220 e. The van der Waals surface area contributed by atoms with E-state index in [0.717, 1.165) is 19.4 Å². The molecule has 3 N–H and O–H groups in total. The zero-order valence-electron chi connectivity index (χ0n) is 12.2. The van der Waals surface area contributed by atoms with Gasteiger partial charge in [-0.3, -0.25) is 4.79 Å². The SMILES string of the molecule is CC(N)CCCC(=O)NCC1(N(C)C)CCCC1. The summed E-state index contributed by atoms with van der Waals surface area (Å²) in [5.41, 5.74) is 5.87. The van der Waals surface area contributed by atoms with Crippen LogP contribution >= 0.6 is 0 Å². The van der Waals surface area contributed by atoms with E-state index in [-0.39, 0.29) is 17.5 Å². The van der Waals surface area contributed by atoms with Crippen molar-refractivity contribution in [1.29, 1.82) is 0 Å². The van der Waals surface area contributed by atoms with E-state index in [2.05, 4.69) is 24.3 Å². The minimum atomic E-state index is 0.170. The molecule has 0 aromatic heterocycles. The Balaban J connectivity index is 2.28. The molecule has 0 spiro atoms. The summed E-state index contributed by atoms with van der Waals surface area (Å²) >= 11 is 0. The highest BCUT2D eigenvalue weighted by Gasteiger charge is 2.35. The molecule has 1 atom stereocenters. The van der Waals surface area contributed by atoms with Crippen molar-refractivity contribution in [2.75, 3.05) is 20.6 Å². The highest BCUT2D eigenvalue weighted by atomic mass is 16.1. The second-order valence-corrected chi connectivity index (χ2v) is 5.97. The van der Waals surface area contributed by atoms with Gasteiger partial charge in [-0.2, -0.15) is 0 Å². The summed E-state index contributed by atoms with van der Waals surface area (Å²) in [6, 6.07) is 0.195. The zero-order valence-corrected chi connectivity index (χ0v) is 12.2. The maximum atomic E-state index is 11.8. The smallest absolute Gasteiger partial charge is 0.220 e. The lowest BCUT2D eigenvalue weighted by Gasteiger charge is -2.36. The normalized spacial score (nSPS) is 20.1. The second-order valence-electron chi connectivity index (χ2n) is 5.97. The minimum absolute atomic E-state index is 0.170. The Kier molecular flexibility index (Phi) is 6.09. The van der Waals surface area contributed by atoms with E-state index in [0.29, 0.717) is 6.42 Å². The molecular weight excluding hydrogens is 226 g/mol. The van der Waals surface area contributed by atoms with Gasteiger partial charge in [-0.1, -0.05) is 12.8 Å². The van der Waals surface area contributed by atoms with E-state index in [9.17, 15) is 4.79 Å². The van der Waals surface area contributed by atoms with E-state index in [1.54, 1.807) is 0 Å². The predicted molar refractivity (Wildman–Crippen MR) is 75.4 cm³/mol.